The average molecular weight is 586 g/mol. The van der Waals surface area contributed by atoms with Crippen LogP contribution in [-0.2, 0) is 25.7 Å². The van der Waals surface area contributed by atoms with Gasteiger partial charge in [0.2, 0.25) is 17.7 Å². The average Bonchev–Trinajstić information content (AvgIpc) is 3.74. The highest BCUT2D eigenvalue weighted by Gasteiger charge is 2.61. The number of hydrogen-bond acceptors (Lipinski definition) is 10. The van der Waals surface area contributed by atoms with E-state index in [1.165, 1.54) is 34.1 Å². The van der Waals surface area contributed by atoms with Gasteiger partial charge in [-0.2, -0.15) is 0 Å². The van der Waals surface area contributed by atoms with Gasteiger partial charge in [0.15, 0.2) is 0 Å². The highest BCUT2D eigenvalue weighted by atomic mass is 32.2. The zero-order valence-corrected chi connectivity index (χ0v) is 23.8. The molecule has 6 aliphatic rings. The van der Waals surface area contributed by atoms with Gasteiger partial charge in [-0.05, 0) is 54.5 Å². The van der Waals surface area contributed by atoms with E-state index in [-0.39, 0.29) is 53.2 Å². The van der Waals surface area contributed by atoms with Crippen molar-refractivity contribution in [2.24, 2.45) is 29.6 Å². The quantitative estimate of drug-likeness (QED) is 0.261. The normalized spacial score (nSPS) is 37.8. The summed E-state index contributed by atoms with van der Waals surface area (Å²) in [6.45, 7) is 6.99. The van der Waals surface area contributed by atoms with Gasteiger partial charge in [0, 0.05) is 47.8 Å². The lowest BCUT2D eigenvalue weighted by atomic mass is 9.63. The van der Waals surface area contributed by atoms with Gasteiger partial charge in [-0.15, -0.1) is 16.9 Å². The number of carbonyl (C=O) groups excluding carboxylic acids is 3. The lowest BCUT2D eigenvalue weighted by Gasteiger charge is -2.47. The number of amides is 3. The van der Waals surface area contributed by atoms with Crippen LogP contribution in [0, 0.1) is 29.6 Å². The molecule has 10 atom stereocenters. The Bertz CT molecular complexity index is 1290. The number of nitrogens with one attached hydrogen (secondary N) is 3. The second-order valence-corrected chi connectivity index (χ2v) is 13.7. The van der Waals surface area contributed by atoms with E-state index in [2.05, 4.69) is 31.5 Å². The first-order valence-electron chi connectivity index (χ1n) is 14.5. The molecule has 1 saturated carbocycles. The number of carboxylic acid groups (broad SMARTS) is 1. The number of tetrazole rings is 1. The highest BCUT2D eigenvalue weighted by Crippen LogP contribution is 2.52. The van der Waals surface area contributed by atoms with Gasteiger partial charge in [0.1, 0.15) is 18.6 Å². The van der Waals surface area contributed by atoms with Gasteiger partial charge in [-0.25, -0.2) is 9.48 Å². The molecule has 15 heteroatoms. The Morgan fingerprint density at radius 1 is 1.22 bits per heavy atom. The Morgan fingerprint density at radius 2 is 2.02 bits per heavy atom. The molecule has 5 fully saturated rings. The number of aromatic nitrogens is 4. The van der Waals surface area contributed by atoms with E-state index in [0.29, 0.717) is 41.7 Å². The van der Waals surface area contributed by atoms with Crippen LogP contribution in [0.2, 0.25) is 0 Å². The molecule has 4 saturated heterocycles. The van der Waals surface area contributed by atoms with Crippen LogP contribution in [0.4, 0.5) is 0 Å². The van der Waals surface area contributed by atoms with Crippen LogP contribution in [0.15, 0.2) is 16.9 Å². The second-order valence-electron chi connectivity index (χ2n) is 12.3. The van der Waals surface area contributed by atoms with Crippen molar-refractivity contribution < 1.29 is 24.3 Å². The van der Waals surface area contributed by atoms with Gasteiger partial charge < -0.3 is 30.9 Å². The molecular weight excluding hydrogens is 550 g/mol. The summed E-state index contributed by atoms with van der Waals surface area (Å²) in [5, 5.41) is 30.7. The van der Waals surface area contributed by atoms with Crippen molar-refractivity contribution in [3.8, 4) is 0 Å². The molecule has 14 nitrogen and oxygen atoms in total. The molecule has 1 aliphatic carbocycles. The smallest absolute Gasteiger partial charge is 0.353 e. The predicted octanol–water partition coefficient (Wildman–Crippen LogP) is -1.52. The first-order valence-corrected chi connectivity index (χ1v) is 15.3. The molecule has 0 aromatic carbocycles. The van der Waals surface area contributed by atoms with E-state index in [4.69, 9.17) is 0 Å². The van der Waals surface area contributed by atoms with Crippen LogP contribution in [0.5, 0.6) is 0 Å². The molecule has 6 heterocycles. The fourth-order valence-corrected chi connectivity index (χ4v) is 9.76. The molecule has 4 N–H and O–H groups in total. The Morgan fingerprint density at radius 3 is 2.78 bits per heavy atom. The van der Waals surface area contributed by atoms with E-state index in [1.54, 1.807) is 6.92 Å². The summed E-state index contributed by atoms with van der Waals surface area (Å²) in [7, 11) is 0. The number of likely N-dealkylation sites (tertiary alicyclic amines) is 1. The van der Waals surface area contributed by atoms with E-state index < -0.39 is 17.9 Å². The molecule has 1 aromatic rings. The van der Waals surface area contributed by atoms with Crippen molar-refractivity contribution in [1.29, 1.82) is 0 Å². The minimum absolute atomic E-state index is 0.0248. The summed E-state index contributed by atoms with van der Waals surface area (Å²) in [5.74, 6) is -0.452. The number of fused-ring (bicyclic) bond motifs is 5. The van der Waals surface area contributed by atoms with Crippen LogP contribution < -0.4 is 16.0 Å². The number of aliphatic carboxylic acids is 1. The number of rotatable bonds is 8. The SMILES string of the molecule is C[C@@H](NC(=O)Cn1cnnn1)[C@H]1C(=O)N2C(C(=O)O)=C(S[C@@H]3CN[C@H](C(=O)N4CC5C(C4)[C@@H]4CCNC54)C3)[C@H](C)[C@H]12. The lowest BCUT2D eigenvalue weighted by Crippen LogP contribution is -2.66. The number of nitrogens with zero attached hydrogens (tertiary/aromatic N) is 6. The Labute approximate surface area is 241 Å². The third-order valence-corrected chi connectivity index (χ3v) is 11.7. The third-order valence-electron chi connectivity index (χ3n) is 10.2. The predicted molar refractivity (Wildman–Crippen MR) is 145 cm³/mol. The van der Waals surface area contributed by atoms with Crippen LogP contribution in [0.3, 0.4) is 0 Å². The summed E-state index contributed by atoms with van der Waals surface area (Å²) < 4.78 is 1.29. The van der Waals surface area contributed by atoms with Crippen molar-refractivity contribution in [3.63, 3.8) is 0 Å². The van der Waals surface area contributed by atoms with E-state index >= 15 is 0 Å². The fraction of sp³-hybridized carbons (Fsp3) is 0.731. The monoisotopic (exact) mass is 585 g/mol. The molecule has 3 amide bonds. The van der Waals surface area contributed by atoms with Crippen molar-refractivity contribution in [1.82, 2.24) is 46.0 Å². The Balaban J connectivity index is 0.979. The molecule has 5 aliphatic heterocycles. The van der Waals surface area contributed by atoms with Gasteiger partial charge in [-0.3, -0.25) is 14.4 Å². The fourth-order valence-electron chi connectivity index (χ4n) is 8.29. The Hall–Kier alpha value is -3.04. The van der Waals surface area contributed by atoms with E-state index in [9.17, 15) is 24.3 Å². The number of carbonyl (C=O) groups is 4. The summed E-state index contributed by atoms with van der Waals surface area (Å²) in [6, 6.07) is -0.540. The topological polar surface area (TPSA) is 175 Å². The molecule has 220 valence electrons. The van der Waals surface area contributed by atoms with E-state index in [0.717, 1.165) is 19.6 Å². The summed E-state index contributed by atoms with van der Waals surface area (Å²) in [4.78, 5) is 55.5. The molecule has 41 heavy (non-hydrogen) atoms. The molecule has 3 unspecified atom stereocenters. The maximum atomic E-state index is 13.4. The van der Waals surface area contributed by atoms with Crippen molar-refractivity contribution in [2.75, 3.05) is 26.2 Å². The number of thioether (sulfide) groups is 1. The zero-order valence-electron chi connectivity index (χ0n) is 23.0. The largest absolute Gasteiger partial charge is 0.477 e. The highest BCUT2D eigenvalue weighted by molar-refractivity contribution is 8.03. The van der Waals surface area contributed by atoms with Gasteiger partial charge in [0.25, 0.3) is 0 Å². The molecular formula is C26H35N9O5S. The summed E-state index contributed by atoms with van der Waals surface area (Å²) in [5.41, 5.74) is 0.0332. The lowest BCUT2D eigenvalue weighted by molar-refractivity contribution is -0.158. The molecule has 1 aromatic heterocycles. The standard InChI is InChI=1S/C26H35N9O5S/c1-11-21-19(12(2)30-18(36)9-34-10-29-31-32-34)25(38)35(21)22(26(39)40)23(11)41-13-5-17(28-6-13)24(37)33-7-15-14-3-4-27-20(14)16(15)8-33/h10-17,19-21,27-28H,3-9H2,1-2H3,(H,30,36)(H,39,40)/t11-,12-,13+,14+,15?,16?,17+,19-,20?,21-/m1/s1. The van der Waals surface area contributed by atoms with E-state index in [1.807, 2.05) is 11.8 Å². The molecule has 0 spiro atoms. The molecule has 7 rings (SSSR count). The minimum Gasteiger partial charge on any atom is -0.477 e. The summed E-state index contributed by atoms with van der Waals surface area (Å²) >= 11 is 1.48. The maximum Gasteiger partial charge on any atom is 0.353 e. The van der Waals surface area contributed by atoms with Gasteiger partial charge >= 0.3 is 5.97 Å². The van der Waals surface area contributed by atoms with Crippen LogP contribution in [-0.4, -0.2) is 114 Å². The van der Waals surface area contributed by atoms with Crippen LogP contribution in [0.25, 0.3) is 0 Å². The number of carboxylic acids is 1. The number of β-lactam (4-membered cyclic amide) rings is 1. The number of hydrogen-bond donors (Lipinski definition) is 4. The first kappa shape index (κ1) is 26.8. The van der Waals surface area contributed by atoms with Crippen LogP contribution in [0.1, 0.15) is 26.7 Å². The third kappa shape index (κ3) is 4.26. The van der Waals surface area contributed by atoms with Gasteiger partial charge in [0.05, 0.1) is 18.0 Å². The van der Waals surface area contributed by atoms with Crippen molar-refractivity contribution in [2.45, 2.75) is 62.7 Å². The maximum absolute atomic E-state index is 13.4. The first-order chi connectivity index (χ1) is 19.7. The van der Waals surface area contributed by atoms with Crippen molar-refractivity contribution >= 4 is 35.5 Å². The molecule has 0 bridgehead atoms. The van der Waals surface area contributed by atoms with Gasteiger partial charge in [-0.1, -0.05) is 6.92 Å². The van der Waals surface area contributed by atoms with Crippen molar-refractivity contribution in [3.05, 3.63) is 16.9 Å². The molecule has 0 radical (unpaired) electrons. The second kappa shape index (κ2) is 10.1. The van der Waals surface area contributed by atoms with Crippen LogP contribution >= 0.6 is 11.8 Å². The summed E-state index contributed by atoms with van der Waals surface area (Å²) in [6.07, 6.45) is 3.16. The Kier molecular flexibility index (Phi) is 6.58. The zero-order chi connectivity index (χ0) is 28.6. The minimum atomic E-state index is -1.13.